The third kappa shape index (κ3) is 3.77. The summed E-state index contributed by atoms with van der Waals surface area (Å²) in [5.41, 5.74) is 3.11. The van der Waals surface area contributed by atoms with Gasteiger partial charge >= 0.3 is 0 Å². The molecule has 4 aromatic rings. The molecule has 0 aliphatic carbocycles. The molecule has 6 nitrogen and oxygen atoms in total. The second kappa shape index (κ2) is 7.94. The molecule has 6 heteroatoms. The van der Waals surface area contributed by atoms with E-state index in [0.717, 1.165) is 34.0 Å². The summed E-state index contributed by atoms with van der Waals surface area (Å²) in [4.78, 5) is 19.7. The number of para-hydroxylation sites is 3. The number of hydrogen-bond donors (Lipinski definition) is 1. The number of ketones is 1. The number of benzene rings is 2. The average Bonchev–Trinajstić information content (AvgIpc) is 3.37. The molecule has 1 aliphatic heterocycles. The van der Waals surface area contributed by atoms with Gasteiger partial charge in [-0.2, -0.15) is 0 Å². The maximum atomic E-state index is 13.1. The minimum Gasteiger partial charge on any atom is -0.388 e. The Balaban J connectivity index is 1.25. The van der Waals surface area contributed by atoms with Crippen LogP contribution in [0.1, 0.15) is 30.1 Å². The van der Waals surface area contributed by atoms with Crippen LogP contribution in [0.4, 0.5) is 0 Å². The number of imidazole rings is 1. The highest BCUT2D eigenvalue weighted by Gasteiger charge is 2.33. The highest BCUT2D eigenvalue weighted by atomic mass is 16.3. The van der Waals surface area contributed by atoms with Crippen molar-refractivity contribution in [1.29, 1.82) is 0 Å². The van der Waals surface area contributed by atoms with Gasteiger partial charge in [0.2, 0.25) is 0 Å². The van der Waals surface area contributed by atoms with Gasteiger partial charge in [0.25, 0.3) is 0 Å². The number of piperidine rings is 1. The van der Waals surface area contributed by atoms with Crippen LogP contribution in [-0.4, -0.2) is 55.1 Å². The fourth-order valence-electron chi connectivity index (χ4n) is 4.76. The standard InChI is InChI=1S/C25H28N4O2/c1-2-28-15-20(19-7-3-5-9-22(19)28)24(30)16-27-13-11-25(31,12-14-27)17-29-18-26-21-8-4-6-10-23(21)29/h3-10,15,18,31H,2,11-14,16-17H2,1H3. The molecule has 0 radical (unpaired) electrons. The Labute approximate surface area is 181 Å². The summed E-state index contributed by atoms with van der Waals surface area (Å²) in [5, 5.41) is 12.2. The molecule has 0 saturated carbocycles. The van der Waals surface area contributed by atoms with Gasteiger partial charge in [0, 0.05) is 42.3 Å². The van der Waals surface area contributed by atoms with Gasteiger partial charge in [-0.3, -0.25) is 9.69 Å². The van der Waals surface area contributed by atoms with E-state index >= 15 is 0 Å². The minimum atomic E-state index is -0.777. The van der Waals surface area contributed by atoms with Gasteiger partial charge in [0.1, 0.15) is 0 Å². The third-order valence-electron chi connectivity index (χ3n) is 6.58. The molecule has 5 rings (SSSR count). The van der Waals surface area contributed by atoms with Gasteiger partial charge in [-0.15, -0.1) is 0 Å². The molecular formula is C25H28N4O2. The van der Waals surface area contributed by atoms with Crippen molar-refractivity contribution < 1.29 is 9.90 Å². The zero-order valence-electron chi connectivity index (χ0n) is 17.9. The number of carbonyl (C=O) groups excluding carboxylic acids is 1. The SMILES string of the molecule is CCn1cc(C(=O)CN2CCC(O)(Cn3cnc4ccccc43)CC2)c2ccccc21. The first-order valence-electron chi connectivity index (χ1n) is 11.0. The van der Waals surface area contributed by atoms with Crippen LogP contribution in [0.15, 0.2) is 61.1 Å². The number of likely N-dealkylation sites (tertiary alicyclic amines) is 1. The summed E-state index contributed by atoms with van der Waals surface area (Å²) in [7, 11) is 0. The lowest BCUT2D eigenvalue weighted by Gasteiger charge is -2.38. The van der Waals surface area contributed by atoms with E-state index in [0.29, 0.717) is 39.0 Å². The van der Waals surface area contributed by atoms with Gasteiger partial charge in [-0.25, -0.2) is 4.98 Å². The van der Waals surface area contributed by atoms with Gasteiger partial charge in [0.05, 0.1) is 36.1 Å². The molecular weight excluding hydrogens is 388 g/mol. The van der Waals surface area contributed by atoms with E-state index in [2.05, 4.69) is 27.4 Å². The Morgan fingerprint density at radius 2 is 1.74 bits per heavy atom. The molecule has 0 spiro atoms. The van der Waals surface area contributed by atoms with Crippen molar-refractivity contribution in [2.45, 2.75) is 38.5 Å². The number of rotatable bonds is 6. The molecule has 0 amide bonds. The second-order valence-corrected chi connectivity index (χ2v) is 8.63. The molecule has 2 aromatic heterocycles. The van der Waals surface area contributed by atoms with Crippen molar-refractivity contribution >= 4 is 27.7 Å². The zero-order valence-corrected chi connectivity index (χ0v) is 17.9. The largest absolute Gasteiger partial charge is 0.388 e. The van der Waals surface area contributed by atoms with Crippen LogP contribution < -0.4 is 0 Å². The van der Waals surface area contributed by atoms with Crippen LogP contribution in [0.3, 0.4) is 0 Å². The highest BCUT2D eigenvalue weighted by molar-refractivity contribution is 6.09. The Hall–Kier alpha value is -2.96. The predicted octanol–water partition coefficient (Wildman–Crippen LogP) is 3.72. The molecule has 1 N–H and O–H groups in total. The number of aryl methyl sites for hydroxylation is 1. The summed E-state index contributed by atoms with van der Waals surface area (Å²) in [6.07, 6.45) is 5.08. The van der Waals surface area contributed by atoms with E-state index in [1.54, 1.807) is 0 Å². The monoisotopic (exact) mass is 416 g/mol. The fraction of sp³-hybridized carbons (Fsp3) is 0.360. The summed E-state index contributed by atoms with van der Waals surface area (Å²) in [6, 6.07) is 16.1. The second-order valence-electron chi connectivity index (χ2n) is 8.63. The Morgan fingerprint density at radius 1 is 1.03 bits per heavy atom. The van der Waals surface area contributed by atoms with Crippen LogP contribution in [0, 0.1) is 0 Å². The number of carbonyl (C=O) groups is 1. The van der Waals surface area contributed by atoms with Crippen LogP contribution in [0.2, 0.25) is 0 Å². The molecule has 1 aliphatic rings. The minimum absolute atomic E-state index is 0.148. The van der Waals surface area contributed by atoms with E-state index in [1.807, 2.05) is 59.6 Å². The number of aliphatic hydroxyl groups is 1. The van der Waals surface area contributed by atoms with Crippen molar-refractivity contribution in [3.8, 4) is 0 Å². The van der Waals surface area contributed by atoms with Crippen molar-refractivity contribution in [3.05, 3.63) is 66.6 Å². The molecule has 2 aromatic carbocycles. The maximum absolute atomic E-state index is 13.1. The van der Waals surface area contributed by atoms with Crippen LogP contribution >= 0.6 is 0 Å². The van der Waals surface area contributed by atoms with Crippen molar-refractivity contribution in [1.82, 2.24) is 19.0 Å². The van der Waals surface area contributed by atoms with E-state index in [9.17, 15) is 9.90 Å². The van der Waals surface area contributed by atoms with Crippen molar-refractivity contribution in [3.63, 3.8) is 0 Å². The average molecular weight is 417 g/mol. The molecule has 1 saturated heterocycles. The summed E-state index contributed by atoms with van der Waals surface area (Å²) in [5.74, 6) is 0.148. The lowest BCUT2D eigenvalue weighted by molar-refractivity contribution is -0.0320. The summed E-state index contributed by atoms with van der Waals surface area (Å²) >= 11 is 0. The Bertz CT molecular complexity index is 1230. The first kappa shape index (κ1) is 20.0. The quantitative estimate of drug-likeness (QED) is 0.487. The summed E-state index contributed by atoms with van der Waals surface area (Å²) < 4.78 is 4.17. The van der Waals surface area contributed by atoms with E-state index < -0.39 is 5.60 Å². The molecule has 0 bridgehead atoms. The van der Waals surface area contributed by atoms with E-state index in [1.165, 1.54) is 0 Å². The molecule has 160 valence electrons. The van der Waals surface area contributed by atoms with Gasteiger partial charge in [-0.05, 0) is 38.0 Å². The fourth-order valence-corrected chi connectivity index (χ4v) is 4.76. The van der Waals surface area contributed by atoms with Crippen LogP contribution in [0.5, 0.6) is 0 Å². The van der Waals surface area contributed by atoms with Crippen LogP contribution in [-0.2, 0) is 13.1 Å². The zero-order chi connectivity index (χ0) is 21.4. The van der Waals surface area contributed by atoms with E-state index in [4.69, 9.17) is 0 Å². The van der Waals surface area contributed by atoms with Crippen LogP contribution in [0.25, 0.3) is 21.9 Å². The topological polar surface area (TPSA) is 63.3 Å². The first-order valence-corrected chi connectivity index (χ1v) is 11.0. The van der Waals surface area contributed by atoms with E-state index in [-0.39, 0.29) is 5.78 Å². The third-order valence-corrected chi connectivity index (χ3v) is 6.58. The number of hydrogen-bond acceptors (Lipinski definition) is 4. The number of nitrogens with zero attached hydrogens (tertiary/aromatic N) is 4. The normalized spacial score (nSPS) is 16.8. The molecule has 1 fully saturated rings. The molecule has 0 unspecified atom stereocenters. The molecule has 31 heavy (non-hydrogen) atoms. The number of fused-ring (bicyclic) bond motifs is 2. The van der Waals surface area contributed by atoms with Crippen molar-refractivity contribution in [2.75, 3.05) is 19.6 Å². The Morgan fingerprint density at radius 3 is 2.52 bits per heavy atom. The lowest BCUT2D eigenvalue weighted by atomic mass is 9.91. The van der Waals surface area contributed by atoms with Crippen molar-refractivity contribution in [2.24, 2.45) is 0 Å². The lowest BCUT2D eigenvalue weighted by Crippen LogP contribution is -2.48. The van der Waals surface area contributed by atoms with Gasteiger partial charge in [-0.1, -0.05) is 30.3 Å². The summed E-state index contributed by atoms with van der Waals surface area (Å²) in [6.45, 7) is 5.27. The predicted molar refractivity (Wildman–Crippen MR) is 122 cm³/mol. The molecule has 3 heterocycles. The first-order chi connectivity index (χ1) is 15.1. The Kier molecular flexibility index (Phi) is 5.12. The highest BCUT2D eigenvalue weighted by Crippen LogP contribution is 2.27. The molecule has 0 atom stereocenters. The number of Topliss-reactive ketones (excluding diaryl/α,β-unsaturated/α-hetero) is 1. The van der Waals surface area contributed by atoms with Gasteiger partial charge < -0.3 is 14.2 Å². The maximum Gasteiger partial charge on any atom is 0.178 e. The smallest absolute Gasteiger partial charge is 0.178 e. The number of aromatic nitrogens is 3. The van der Waals surface area contributed by atoms with Gasteiger partial charge in [0.15, 0.2) is 5.78 Å².